The van der Waals surface area contributed by atoms with Crippen molar-refractivity contribution in [3.05, 3.63) is 164 Å². The number of anilines is 6. The summed E-state index contributed by atoms with van der Waals surface area (Å²) in [5, 5.41) is 15.8. The molecule has 310 valence electrons. The lowest BCUT2D eigenvalue weighted by Crippen LogP contribution is -2.25. The Morgan fingerprint density at radius 1 is 0.623 bits per heavy atom. The van der Waals surface area contributed by atoms with Crippen molar-refractivity contribution in [1.82, 2.24) is 0 Å². The molecule has 6 aromatic rings. The molecule has 0 saturated heterocycles. The molecular weight excluding hydrogens is 866 g/mol. The third-order valence-corrected chi connectivity index (χ3v) is 9.92. The molecule has 0 atom stereocenters. The first-order chi connectivity index (χ1) is 29.4. The van der Waals surface area contributed by atoms with Gasteiger partial charge in [0.2, 0.25) is 0 Å². The maximum Gasteiger partial charge on any atom is 0.262 e. The van der Waals surface area contributed by atoms with Gasteiger partial charge in [0.05, 0.1) is 54.0 Å². The molecule has 61 heavy (non-hydrogen) atoms. The number of aldehydes is 1. The Morgan fingerprint density at radius 2 is 1.15 bits per heavy atom. The zero-order valence-electron chi connectivity index (χ0n) is 31.7. The summed E-state index contributed by atoms with van der Waals surface area (Å²) in [5.74, 6) is 0.137. The Labute approximate surface area is 369 Å². The molecule has 4 amide bonds. The highest BCUT2D eigenvalue weighted by Gasteiger charge is 2.19. The minimum atomic E-state index is -0.302. The lowest BCUT2D eigenvalue weighted by Gasteiger charge is -2.20. The zero-order valence-corrected chi connectivity index (χ0v) is 34.7. The van der Waals surface area contributed by atoms with Crippen molar-refractivity contribution in [2.24, 2.45) is 0 Å². The molecular formula is C44H34Cl4N6O7. The van der Waals surface area contributed by atoms with E-state index in [0.717, 1.165) is 11.8 Å². The Kier molecular flexibility index (Phi) is 14.7. The van der Waals surface area contributed by atoms with Gasteiger partial charge in [0.25, 0.3) is 23.6 Å². The Morgan fingerprint density at radius 3 is 1.72 bits per heavy atom. The van der Waals surface area contributed by atoms with Gasteiger partial charge in [-0.3, -0.25) is 24.0 Å². The number of fused-ring (bicyclic) bond motifs is 2. The molecule has 0 saturated carbocycles. The minimum Gasteiger partial charge on any atom is -0.482 e. The van der Waals surface area contributed by atoms with Crippen LogP contribution in [0.2, 0.25) is 20.1 Å². The van der Waals surface area contributed by atoms with Crippen LogP contribution in [0.4, 0.5) is 34.1 Å². The fourth-order valence-electron chi connectivity index (χ4n) is 5.68. The number of hydrogen-bond donors (Lipinski definition) is 6. The first-order valence-corrected chi connectivity index (χ1v) is 19.7. The molecule has 6 aromatic carbocycles. The molecule has 0 fully saturated rings. The predicted octanol–water partition coefficient (Wildman–Crippen LogP) is 9.85. The summed E-state index contributed by atoms with van der Waals surface area (Å²) >= 11 is 24.1. The Bertz CT molecular complexity index is 2640. The third-order valence-electron chi connectivity index (χ3n) is 8.62. The molecule has 0 aromatic heterocycles. The predicted molar refractivity (Wildman–Crippen MR) is 240 cm³/mol. The molecule has 0 spiro atoms. The van der Waals surface area contributed by atoms with E-state index in [-0.39, 0.29) is 36.8 Å². The van der Waals surface area contributed by atoms with Crippen molar-refractivity contribution in [3.63, 3.8) is 0 Å². The lowest BCUT2D eigenvalue weighted by atomic mass is 10.1. The van der Waals surface area contributed by atoms with Gasteiger partial charge in [-0.15, -0.1) is 0 Å². The van der Waals surface area contributed by atoms with Gasteiger partial charge in [-0.1, -0.05) is 94.9 Å². The number of hydrogen-bond acceptors (Lipinski definition) is 9. The summed E-state index contributed by atoms with van der Waals surface area (Å²) in [6.07, 6.45) is 0.727. The molecule has 7 N–H and O–H groups in total. The van der Waals surface area contributed by atoms with E-state index in [1.165, 1.54) is 0 Å². The number of nitrogens with one attached hydrogen (secondary N) is 5. The maximum atomic E-state index is 12.5. The minimum absolute atomic E-state index is 0.0219. The normalized spacial score (nSPS) is 12.1. The second-order valence-electron chi connectivity index (χ2n) is 13.0. The second-order valence-corrected chi connectivity index (χ2v) is 14.7. The van der Waals surface area contributed by atoms with Crippen LogP contribution >= 0.6 is 46.4 Å². The van der Waals surface area contributed by atoms with Crippen molar-refractivity contribution >= 4 is 110 Å². The van der Waals surface area contributed by atoms with E-state index in [1.54, 1.807) is 103 Å². The van der Waals surface area contributed by atoms with Crippen LogP contribution in [0.1, 0.15) is 36.6 Å². The van der Waals surface area contributed by atoms with Crippen LogP contribution in [-0.2, 0) is 16.1 Å². The molecule has 2 aliphatic rings. The summed E-state index contributed by atoms with van der Waals surface area (Å²) in [7, 11) is 0. The van der Waals surface area contributed by atoms with E-state index >= 15 is 0 Å². The fraction of sp³-hybridized carbons (Fsp3) is 0.0682. The van der Waals surface area contributed by atoms with E-state index < -0.39 is 0 Å². The highest BCUT2D eigenvalue weighted by Crippen LogP contribution is 2.37. The number of nitrogen functional groups attached to an aromatic ring is 1. The molecule has 0 aliphatic carbocycles. The van der Waals surface area contributed by atoms with Crippen molar-refractivity contribution in [2.75, 3.05) is 45.5 Å². The fourth-order valence-corrected chi connectivity index (χ4v) is 6.52. The number of ether oxygens (including phenoxy) is 2. The number of rotatable bonds is 8. The molecule has 8 rings (SSSR count). The van der Waals surface area contributed by atoms with Crippen molar-refractivity contribution in [3.8, 4) is 11.5 Å². The summed E-state index contributed by atoms with van der Waals surface area (Å²) in [5.41, 5.74) is 11.3. The van der Waals surface area contributed by atoms with E-state index in [0.29, 0.717) is 88.9 Å². The van der Waals surface area contributed by atoms with E-state index in [1.807, 2.05) is 18.2 Å². The van der Waals surface area contributed by atoms with Crippen molar-refractivity contribution in [2.45, 2.75) is 6.54 Å². The Hall–Kier alpha value is -6.77. The van der Waals surface area contributed by atoms with Crippen molar-refractivity contribution in [1.29, 1.82) is 0 Å². The molecule has 2 aliphatic heterocycles. The highest BCUT2D eigenvalue weighted by molar-refractivity contribution is 6.35. The summed E-state index contributed by atoms with van der Waals surface area (Å²) in [6, 6.07) is 34.4. The summed E-state index contributed by atoms with van der Waals surface area (Å²) in [6.45, 7) is 0.468. The molecule has 13 nitrogen and oxygen atoms in total. The average Bonchev–Trinajstić information content (AvgIpc) is 3.24. The number of nitrogens with two attached hydrogens (primary N) is 1. The van der Waals surface area contributed by atoms with E-state index in [4.69, 9.17) is 61.6 Å². The topological polar surface area (TPSA) is 190 Å². The first-order valence-electron chi connectivity index (χ1n) is 18.1. The zero-order chi connectivity index (χ0) is 43.5. The number of carbonyl (C=O) groups is 5. The monoisotopic (exact) mass is 898 g/mol. The van der Waals surface area contributed by atoms with Crippen LogP contribution in [0.25, 0.3) is 0 Å². The molecule has 17 heteroatoms. The van der Waals surface area contributed by atoms with Gasteiger partial charge in [-0.25, -0.2) is 0 Å². The van der Waals surface area contributed by atoms with Gasteiger partial charge in [-0.05, 0) is 66.2 Å². The number of halogens is 4. The van der Waals surface area contributed by atoms with Gasteiger partial charge in [0.15, 0.2) is 13.2 Å². The third kappa shape index (κ3) is 11.9. The van der Waals surface area contributed by atoms with Gasteiger partial charge in [0, 0.05) is 35.6 Å². The Balaban J connectivity index is 0.000000170. The molecule has 2 heterocycles. The van der Waals surface area contributed by atoms with Crippen LogP contribution < -0.4 is 41.8 Å². The van der Waals surface area contributed by atoms with Gasteiger partial charge in [0.1, 0.15) is 17.8 Å². The number of carbonyl (C=O) groups excluding carboxylic acids is 5. The smallest absolute Gasteiger partial charge is 0.262 e. The van der Waals surface area contributed by atoms with Gasteiger partial charge in [-0.2, -0.15) is 0 Å². The van der Waals surface area contributed by atoms with Crippen LogP contribution in [0.5, 0.6) is 11.5 Å². The van der Waals surface area contributed by atoms with Crippen molar-refractivity contribution < 1.29 is 33.4 Å². The second kappa shape index (κ2) is 20.5. The molecule has 0 unspecified atom stereocenters. The number of benzene rings is 6. The van der Waals surface area contributed by atoms with E-state index in [9.17, 15) is 24.0 Å². The maximum absolute atomic E-state index is 12.5. The number of amides is 4. The van der Waals surface area contributed by atoms with Gasteiger partial charge >= 0.3 is 0 Å². The average molecular weight is 901 g/mol. The van der Waals surface area contributed by atoms with E-state index in [2.05, 4.69) is 26.6 Å². The van der Waals surface area contributed by atoms with Crippen LogP contribution in [0.15, 0.2) is 121 Å². The highest BCUT2D eigenvalue weighted by atomic mass is 35.5. The summed E-state index contributed by atoms with van der Waals surface area (Å²) < 4.78 is 10.5. The first kappa shape index (κ1) is 43.8. The molecule has 0 radical (unpaired) electrons. The van der Waals surface area contributed by atoms with Crippen LogP contribution in [-0.4, -0.2) is 43.1 Å². The van der Waals surface area contributed by atoms with Crippen LogP contribution in [0, 0.1) is 0 Å². The lowest BCUT2D eigenvalue weighted by molar-refractivity contribution is -0.119. The summed E-state index contributed by atoms with van der Waals surface area (Å²) in [4.78, 5) is 57.4. The molecule has 0 bridgehead atoms. The largest absolute Gasteiger partial charge is 0.482 e. The SMILES string of the molecule is Nc1cc2c(cc1Cl)NC(=O)CO2.O=C1COc2cc(NCc3cccc(NC(=O)c4ccccc4Cl)c3)c(Cl)cc2N1.O=Cc1cccc(NC(=O)c2ccccc2Cl)c1. The van der Waals surface area contributed by atoms with Crippen LogP contribution in [0.3, 0.4) is 0 Å². The standard InChI is InChI=1S/C22H17Cl2N3O3.C14H10ClNO2.C8H7ClN2O2/c23-16-7-2-1-6-15(16)22(29)26-14-5-3-4-13(8-14)11-25-18-10-20-19(9-17(18)24)27-21(28)12-30-20;15-13-7-2-1-6-12(13)14(18)16-11-5-3-4-10(8-11)9-17;9-4-1-6-7(2-5(4)10)13-3-8(12)11-6/h1-10,25H,11-12H2,(H,26,29)(H,27,28);1-9H,(H,16,18);1-2H,3,10H2,(H,11,12). The quantitative estimate of drug-likeness (QED) is 0.0638. The van der Waals surface area contributed by atoms with Gasteiger partial charge < -0.3 is 41.8 Å².